The van der Waals surface area contributed by atoms with Gasteiger partial charge in [0.15, 0.2) is 0 Å². The lowest BCUT2D eigenvalue weighted by Crippen LogP contribution is -2.33. The molecule has 1 aliphatic carbocycles. The summed E-state index contributed by atoms with van der Waals surface area (Å²) in [6.45, 7) is 1.41. The van der Waals surface area contributed by atoms with Crippen molar-refractivity contribution in [1.29, 1.82) is 0 Å². The minimum absolute atomic E-state index is 0.0258. The van der Waals surface area contributed by atoms with Gasteiger partial charge in [-0.3, -0.25) is 4.90 Å². The van der Waals surface area contributed by atoms with Gasteiger partial charge in [-0.2, -0.15) is 13.2 Å². The van der Waals surface area contributed by atoms with Crippen molar-refractivity contribution >= 4 is 0 Å². The molecule has 118 valence electrons. The van der Waals surface area contributed by atoms with Crippen molar-refractivity contribution in [2.45, 2.75) is 25.1 Å². The summed E-state index contributed by atoms with van der Waals surface area (Å²) in [4.78, 5) is 1.91. The third-order valence-electron chi connectivity index (χ3n) is 3.66. The summed E-state index contributed by atoms with van der Waals surface area (Å²) in [6, 6.07) is 4.78. The summed E-state index contributed by atoms with van der Waals surface area (Å²) >= 11 is 0. The van der Waals surface area contributed by atoms with Gasteiger partial charge in [0.05, 0.1) is 18.3 Å². The summed E-state index contributed by atoms with van der Waals surface area (Å²) in [5.41, 5.74) is -0.501. The van der Waals surface area contributed by atoms with Crippen LogP contribution in [0, 0.1) is 5.92 Å². The Kier molecular flexibility index (Phi) is 5.24. The zero-order chi connectivity index (χ0) is 15.5. The van der Waals surface area contributed by atoms with Gasteiger partial charge in [0.1, 0.15) is 0 Å². The first kappa shape index (κ1) is 16.3. The molecule has 0 amide bonds. The van der Waals surface area contributed by atoms with Gasteiger partial charge in [-0.15, -0.1) is 0 Å². The highest BCUT2D eigenvalue weighted by Gasteiger charge is 2.31. The fourth-order valence-corrected chi connectivity index (χ4v) is 2.34. The molecule has 1 aromatic carbocycles. The number of benzene rings is 1. The van der Waals surface area contributed by atoms with Crippen molar-refractivity contribution < 1.29 is 23.4 Å². The van der Waals surface area contributed by atoms with Crippen molar-refractivity contribution in [2.24, 2.45) is 5.92 Å². The third kappa shape index (κ3) is 4.98. The van der Waals surface area contributed by atoms with E-state index in [2.05, 4.69) is 0 Å². The minimum Gasteiger partial charge on any atom is -0.395 e. The molecule has 6 heteroatoms. The number of hydrogen-bond donors (Lipinski definition) is 2. The molecular weight excluding hydrogens is 283 g/mol. The fraction of sp³-hybridized carbons (Fsp3) is 0.600. The van der Waals surface area contributed by atoms with Crippen molar-refractivity contribution in [3.63, 3.8) is 0 Å². The number of nitrogens with zero attached hydrogens (tertiary/aromatic N) is 1. The molecular formula is C15H20F3NO2. The van der Waals surface area contributed by atoms with E-state index in [1.54, 1.807) is 0 Å². The van der Waals surface area contributed by atoms with Crippen molar-refractivity contribution in [2.75, 3.05) is 26.2 Å². The van der Waals surface area contributed by atoms with E-state index in [4.69, 9.17) is 5.11 Å². The maximum absolute atomic E-state index is 12.7. The topological polar surface area (TPSA) is 43.7 Å². The molecule has 0 saturated heterocycles. The second-order valence-electron chi connectivity index (χ2n) is 5.57. The summed E-state index contributed by atoms with van der Waals surface area (Å²) in [6.07, 6.45) is -3.12. The van der Waals surface area contributed by atoms with Crippen LogP contribution in [0.4, 0.5) is 13.2 Å². The smallest absolute Gasteiger partial charge is 0.395 e. The van der Waals surface area contributed by atoms with E-state index in [0.29, 0.717) is 12.5 Å². The number of rotatable bonds is 7. The molecule has 3 nitrogen and oxygen atoms in total. The van der Waals surface area contributed by atoms with E-state index < -0.39 is 17.8 Å². The zero-order valence-corrected chi connectivity index (χ0v) is 11.7. The Balaban J connectivity index is 2.02. The highest BCUT2D eigenvalue weighted by molar-refractivity contribution is 5.27. The summed E-state index contributed by atoms with van der Waals surface area (Å²) in [7, 11) is 0. The summed E-state index contributed by atoms with van der Waals surface area (Å²) < 4.78 is 38.0. The number of aliphatic hydroxyl groups is 2. The molecule has 21 heavy (non-hydrogen) atoms. The van der Waals surface area contributed by atoms with Crippen LogP contribution in [0.5, 0.6) is 0 Å². The molecule has 1 atom stereocenters. The first-order valence-corrected chi connectivity index (χ1v) is 7.08. The fourth-order valence-electron chi connectivity index (χ4n) is 2.34. The standard InChI is InChI=1S/C15H20F3NO2/c16-15(17,18)13-3-1-2-12(8-13)14(21)10-19(6-7-20)9-11-4-5-11/h1-3,8,11,14,20-21H,4-7,9-10H2/t14-/m1/s1. The highest BCUT2D eigenvalue weighted by atomic mass is 19.4. The second kappa shape index (κ2) is 6.77. The number of aliphatic hydroxyl groups excluding tert-OH is 2. The maximum Gasteiger partial charge on any atom is 0.416 e. The van der Waals surface area contributed by atoms with E-state index in [-0.39, 0.29) is 18.7 Å². The SMILES string of the molecule is OCCN(CC1CC1)C[C@@H](O)c1cccc(C(F)(F)F)c1. The Morgan fingerprint density at radius 2 is 2.00 bits per heavy atom. The van der Waals surface area contributed by atoms with E-state index in [1.807, 2.05) is 4.90 Å². The Bertz CT molecular complexity index is 460. The molecule has 0 unspecified atom stereocenters. The molecule has 2 N–H and O–H groups in total. The Hall–Kier alpha value is -1.11. The predicted molar refractivity (Wildman–Crippen MR) is 72.7 cm³/mol. The Morgan fingerprint density at radius 3 is 2.57 bits per heavy atom. The van der Waals surface area contributed by atoms with Gasteiger partial charge < -0.3 is 10.2 Å². The molecule has 0 bridgehead atoms. The quantitative estimate of drug-likeness (QED) is 0.813. The monoisotopic (exact) mass is 303 g/mol. The van der Waals surface area contributed by atoms with Gasteiger partial charge in [0, 0.05) is 19.6 Å². The minimum atomic E-state index is -4.41. The van der Waals surface area contributed by atoms with Crippen LogP contribution < -0.4 is 0 Å². The summed E-state index contributed by atoms with van der Waals surface area (Å²) in [5, 5.41) is 19.2. The second-order valence-corrected chi connectivity index (χ2v) is 5.57. The first-order chi connectivity index (χ1) is 9.90. The molecule has 0 aromatic heterocycles. The van der Waals surface area contributed by atoms with Gasteiger partial charge in [0.25, 0.3) is 0 Å². The molecule has 2 rings (SSSR count). The Labute approximate surface area is 122 Å². The molecule has 1 saturated carbocycles. The molecule has 0 heterocycles. The van der Waals surface area contributed by atoms with Gasteiger partial charge in [-0.25, -0.2) is 0 Å². The van der Waals surface area contributed by atoms with Crippen LogP contribution in [-0.4, -0.2) is 41.4 Å². The largest absolute Gasteiger partial charge is 0.416 e. The van der Waals surface area contributed by atoms with Gasteiger partial charge in [-0.05, 0) is 36.5 Å². The van der Waals surface area contributed by atoms with Crippen LogP contribution in [0.2, 0.25) is 0 Å². The zero-order valence-electron chi connectivity index (χ0n) is 11.7. The van der Waals surface area contributed by atoms with Crippen LogP contribution in [0.25, 0.3) is 0 Å². The van der Waals surface area contributed by atoms with E-state index in [0.717, 1.165) is 31.5 Å². The van der Waals surface area contributed by atoms with Crippen molar-refractivity contribution in [1.82, 2.24) is 4.90 Å². The normalized spacial score (nSPS) is 17.2. The lowest BCUT2D eigenvalue weighted by molar-refractivity contribution is -0.137. The van der Waals surface area contributed by atoms with E-state index >= 15 is 0 Å². The lowest BCUT2D eigenvalue weighted by atomic mass is 10.1. The van der Waals surface area contributed by atoms with Crippen molar-refractivity contribution in [3.8, 4) is 0 Å². The van der Waals surface area contributed by atoms with Crippen LogP contribution >= 0.6 is 0 Å². The molecule has 0 radical (unpaired) electrons. The Morgan fingerprint density at radius 1 is 1.29 bits per heavy atom. The number of alkyl halides is 3. The highest BCUT2D eigenvalue weighted by Crippen LogP contribution is 2.32. The van der Waals surface area contributed by atoms with Crippen LogP contribution in [0.3, 0.4) is 0 Å². The maximum atomic E-state index is 12.7. The van der Waals surface area contributed by atoms with Gasteiger partial charge in [-0.1, -0.05) is 12.1 Å². The molecule has 0 spiro atoms. The molecule has 1 aromatic rings. The van der Waals surface area contributed by atoms with Crippen molar-refractivity contribution in [3.05, 3.63) is 35.4 Å². The van der Waals surface area contributed by atoms with E-state index in [9.17, 15) is 18.3 Å². The average Bonchev–Trinajstić information content (AvgIpc) is 3.22. The summed E-state index contributed by atoms with van der Waals surface area (Å²) in [5.74, 6) is 0.588. The molecule has 1 fully saturated rings. The first-order valence-electron chi connectivity index (χ1n) is 7.08. The average molecular weight is 303 g/mol. The third-order valence-corrected chi connectivity index (χ3v) is 3.66. The van der Waals surface area contributed by atoms with E-state index in [1.165, 1.54) is 12.1 Å². The number of hydrogen-bond acceptors (Lipinski definition) is 3. The van der Waals surface area contributed by atoms with Gasteiger partial charge in [0.2, 0.25) is 0 Å². The van der Waals surface area contributed by atoms with Crippen LogP contribution in [-0.2, 0) is 6.18 Å². The molecule has 0 aliphatic heterocycles. The van der Waals surface area contributed by atoms with Crippen LogP contribution in [0.15, 0.2) is 24.3 Å². The molecule has 1 aliphatic rings. The van der Waals surface area contributed by atoms with Gasteiger partial charge >= 0.3 is 6.18 Å². The van der Waals surface area contributed by atoms with Crippen LogP contribution in [0.1, 0.15) is 30.1 Å². The lowest BCUT2D eigenvalue weighted by Gasteiger charge is -2.24. The number of halogens is 3. The predicted octanol–water partition coefficient (Wildman–Crippen LogP) is 2.44.